The van der Waals surface area contributed by atoms with E-state index in [1.807, 2.05) is 36.4 Å². The number of rotatable bonds is 5. The Morgan fingerprint density at radius 2 is 1.62 bits per heavy atom. The highest BCUT2D eigenvalue weighted by molar-refractivity contribution is 5.85. The molecule has 2 N–H and O–H groups in total. The Kier molecular flexibility index (Phi) is 4.62. The Morgan fingerprint density at radius 3 is 2.12 bits per heavy atom. The molecule has 1 aliphatic rings. The summed E-state index contributed by atoms with van der Waals surface area (Å²) in [5.41, 5.74) is 4.55. The Bertz CT molecular complexity index is 726. The highest BCUT2D eigenvalue weighted by atomic mass is 16.5. The second-order valence-electron chi connectivity index (χ2n) is 5.82. The van der Waals surface area contributed by atoms with E-state index in [4.69, 9.17) is 9.84 Å². The number of fused-ring (bicyclic) bond motifs is 3. The van der Waals surface area contributed by atoms with Gasteiger partial charge in [-0.15, -0.1) is 0 Å². The van der Waals surface area contributed by atoms with Gasteiger partial charge in [0.25, 0.3) is 0 Å². The lowest BCUT2D eigenvalue weighted by atomic mass is 9.98. The zero-order valence-electron chi connectivity index (χ0n) is 13.4. The molecular formula is C19H19NO4. The normalized spacial score (nSPS) is 13.8. The van der Waals surface area contributed by atoms with Gasteiger partial charge < -0.3 is 15.2 Å². The quantitative estimate of drug-likeness (QED) is 0.885. The number of ketones is 1. The summed E-state index contributed by atoms with van der Waals surface area (Å²) >= 11 is 0. The molecule has 0 radical (unpaired) electrons. The van der Waals surface area contributed by atoms with Gasteiger partial charge in [0.05, 0.1) is 6.61 Å². The van der Waals surface area contributed by atoms with Gasteiger partial charge in [0.2, 0.25) is 0 Å². The lowest BCUT2D eigenvalue weighted by molar-refractivity contribution is -0.119. The number of Topliss-reactive ketones (excluding diaryl/α,β-unsaturated/α-hetero) is 1. The van der Waals surface area contributed by atoms with Crippen LogP contribution in [0.1, 0.15) is 24.0 Å². The average Bonchev–Trinajstić information content (AvgIpc) is 2.91. The van der Waals surface area contributed by atoms with Crippen molar-refractivity contribution in [3.05, 3.63) is 59.7 Å². The maximum atomic E-state index is 11.9. The molecule has 0 aromatic heterocycles. The fourth-order valence-electron chi connectivity index (χ4n) is 3.06. The van der Waals surface area contributed by atoms with Crippen LogP contribution in [0, 0.1) is 0 Å². The predicted molar refractivity (Wildman–Crippen MR) is 89.8 cm³/mol. The standard InChI is InChI=1S/C19H19NO4/c1-12(22)18(10-21)20-19(23)24-11-17-15-8-4-2-6-13(15)14-7-3-5-9-16(14)17/h2-9,17-18,21H,10-11H2,1H3,(H,20,23). The molecule has 0 spiro atoms. The Hall–Kier alpha value is -2.66. The van der Waals surface area contributed by atoms with E-state index in [1.54, 1.807) is 0 Å². The van der Waals surface area contributed by atoms with Crippen LogP contribution in [0.25, 0.3) is 11.1 Å². The Morgan fingerprint density at radius 1 is 1.08 bits per heavy atom. The number of aliphatic hydroxyl groups is 1. The predicted octanol–water partition coefficient (Wildman–Crippen LogP) is 2.48. The van der Waals surface area contributed by atoms with Crippen molar-refractivity contribution in [3.8, 4) is 11.1 Å². The highest BCUT2D eigenvalue weighted by Gasteiger charge is 2.29. The van der Waals surface area contributed by atoms with Crippen molar-refractivity contribution in [2.75, 3.05) is 13.2 Å². The van der Waals surface area contributed by atoms with Gasteiger partial charge in [-0.05, 0) is 29.2 Å². The molecule has 3 rings (SSSR count). The molecule has 1 atom stereocenters. The van der Waals surface area contributed by atoms with Crippen LogP contribution in [0.5, 0.6) is 0 Å². The van der Waals surface area contributed by atoms with Crippen LogP contribution in [0.4, 0.5) is 4.79 Å². The number of carbonyl (C=O) groups is 2. The zero-order chi connectivity index (χ0) is 17.1. The van der Waals surface area contributed by atoms with E-state index >= 15 is 0 Å². The minimum Gasteiger partial charge on any atom is -0.449 e. The molecule has 1 amide bonds. The van der Waals surface area contributed by atoms with Crippen molar-refractivity contribution in [1.29, 1.82) is 0 Å². The van der Waals surface area contributed by atoms with Crippen LogP contribution in [-0.2, 0) is 9.53 Å². The number of aliphatic hydroxyl groups excluding tert-OH is 1. The van der Waals surface area contributed by atoms with Gasteiger partial charge in [-0.3, -0.25) is 4.79 Å². The monoisotopic (exact) mass is 325 g/mol. The van der Waals surface area contributed by atoms with Crippen molar-refractivity contribution in [2.45, 2.75) is 18.9 Å². The summed E-state index contributed by atoms with van der Waals surface area (Å²) in [5, 5.41) is 11.5. The molecule has 24 heavy (non-hydrogen) atoms. The molecule has 0 aliphatic heterocycles. The summed E-state index contributed by atoms with van der Waals surface area (Å²) in [6, 6.07) is 15.2. The smallest absolute Gasteiger partial charge is 0.407 e. The molecule has 1 aliphatic carbocycles. The summed E-state index contributed by atoms with van der Waals surface area (Å²) in [6.45, 7) is 1.04. The van der Waals surface area contributed by atoms with Crippen LogP contribution in [0.15, 0.2) is 48.5 Å². The van der Waals surface area contributed by atoms with Crippen LogP contribution >= 0.6 is 0 Å². The molecule has 0 bridgehead atoms. The molecule has 0 fully saturated rings. The third kappa shape index (κ3) is 3.03. The minimum absolute atomic E-state index is 0.0342. The van der Waals surface area contributed by atoms with Gasteiger partial charge in [-0.2, -0.15) is 0 Å². The van der Waals surface area contributed by atoms with E-state index in [2.05, 4.69) is 17.4 Å². The third-order valence-corrected chi connectivity index (χ3v) is 4.31. The van der Waals surface area contributed by atoms with Crippen LogP contribution in [0.2, 0.25) is 0 Å². The molecule has 2 aromatic rings. The first-order valence-corrected chi connectivity index (χ1v) is 7.84. The van der Waals surface area contributed by atoms with Gasteiger partial charge >= 0.3 is 6.09 Å². The largest absolute Gasteiger partial charge is 0.449 e. The van der Waals surface area contributed by atoms with E-state index in [1.165, 1.54) is 6.92 Å². The van der Waals surface area contributed by atoms with E-state index in [9.17, 15) is 9.59 Å². The number of carbonyl (C=O) groups excluding carboxylic acids is 2. The molecule has 0 saturated heterocycles. The van der Waals surface area contributed by atoms with Crippen molar-refractivity contribution < 1.29 is 19.4 Å². The molecule has 0 saturated carbocycles. The zero-order valence-corrected chi connectivity index (χ0v) is 13.4. The SMILES string of the molecule is CC(=O)C(CO)NC(=O)OCC1c2ccccc2-c2ccccc21. The van der Waals surface area contributed by atoms with E-state index in [-0.39, 0.29) is 18.3 Å². The molecule has 5 heteroatoms. The minimum atomic E-state index is -0.930. The van der Waals surface area contributed by atoms with Crippen molar-refractivity contribution in [2.24, 2.45) is 0 Å². The van der Waals surface area contributed by atoms with Crippen LogP contribution in [0.3, 0.4) is 0 Å². The third-order valence-electron chi connectivity index (χ3n) is 4.31. The van der Waals surface area contributed by atoms with Crippen molar-refractivity contribution >= 4 is 11.9 Å². The van der Waals surface area contributed by atoms with Gasteiger partial charge in [0.15, 0.2) is 5.78 Å². The maximum absolute atomic E-state index is 11.9. The summed E-state index contributed by atoms with van der Waals surface area (Å²) in [4.78, 5) is 23.2. The van der Waals surface area contributed by atoms with Crippen LogP contribution in [-0.4, -0.2) is 36.2 Å². The summed E-state index contributed by atoms with van der Waals surface area (Å²) in [6.07, 6.45) is -0.703. The number of amides is 1. The second kappa shape index (κ2) is 6.84. The molecular weight excluding hydrogens is 306 g/mol. The lowest BCUT2D eigenvalue weighted by Crippen LogP contribution is -2.42. The van der Waals surface area contributed by atoms with Gasteiger partial charge in [0, 0.05) is 5.92 Å². The van der Waals surface area contributed by atoms with E-state index in [0.717, 1.165) is 22.3 Å². The fourth-order valence-corrected chi connectivity index (χ4v) is 3.06. The Labute approximate surface area is 140 Å². The number of nitrogens with one attached hydrogen (secondary N) is 1. The Balaban J connectivity index is 1.74. The van der Waals surface area contributed by atoms with E-state index in [0.29, 0.717) is 0 Å². The first kappa shape index (κ1) is 16.2. The van der Waals surface area contributed by atoms with Crippen molar-refractivity contribution in [1.82, 2.24) is 5.32 Å². The second-order valence-corrected chi connectivity index (χ2v) is 5.82. The first-order valence-electron chi connectivity index (χ1n) is 7.84. The fraction of sp³-hybridized carbons (Fsp3) is 0.263. The average molecular weight is 325 g/mol. The van der Waals surface area contributed by atoms with Gasteiger partial charge in [-0.25, -0.2) is 4.79 Å². The van der Waals surface area contributed by atoms with Gasteiger partial charge in [-0.1, -0.05) is 48.5 Å². The topological polar surface area (TPSA) is 75.6 Å². The summed E-state index contributed by atoms with van der Waals surface area (Å²) in [7, 11) is 0. The number of hydrogen-bond acceptors (Lipinski definition) is 4. The highest BCUT2D eigenvalue weighted by Crippen LogP contribution is 2.44. The molecule has 124 valence electrons. The summed E-state index contributed by atoms with van der Waals surface area (Å²) in [5.74, 6) is -0.348. The number of alkyl carbamates (subject to hydrolysis) is 1. The number of benzene rings is 2. The van der Waals surface area contributed by atoms with Gasteiger partial charge in [0.1, 0.15) is 12.6 Å². The molecule has 2 aromatic carbocycles. The maximum Gasteiger partial charge on any atom is 0.407 e. The molecule has 5 nitrogen and oxygen atoms in total. The number of ether oxygens (including phenoxy) is 1. The lowest BCUT2D eigenvalue weighted by Gasteiger charge is -2.17. The number of hydrogen-bond donors (Lipinski definition) is 2. The van der Waals surface area contributed by atoms with Crippen molar-refractivity contribution in [3.63, 3.8) is 0 Å². The first-order chi connectivity index (χ1) is 11.6. The molecule has 0 heterocycles. The molecule has 1 unspecified atom stereocenters. The van der Waals surface area contributed by atoms with Crippen LogP contribution < -0.4 is 5.32 Å². The van der Waals surface area contributed by atoms with E-state index < -0.39 is 18.7 Å². The summed E-state index contributed by atoms with van der Waals surface area (Å²) < 4.78 is 5.31.